The molecule has 0 radical (unpaired) electrons. The summed E-state index contributed by atoms with van der Waals surface area (Å²) in [6, 6.07) is 7.05. The van der Waals surface area contributed by atoms with Crippen molar-refractivity contribution < 1.29 is 28.7 Å². The van der Waals surface area contributed by atoms with Crippen molar-refractivity contribution in [1.82, 2.24) is 10.6 Å². The van der Waals surface area contributed by atoms with E-state index in [-0.39, 0.29) is 25.4 Å². The minimum Gasteiger partial charge on any atom is -0.461 e. The number of rotatable bonds is 18. The van der Waals surface area contributed by atoms with Crippen molar-refractivity contribution in [3.8, 4) is 0 Å². The molecule has 0 saturated heterocycles. The minimum absolute atomic E-state index is 0.0482. The highest BCUT2D eigenvalue weighted by molar-refractivity contribution is 5.93. The molecule has 2 N–H and O–H groups in total. The van der Waals surface area contributed by atoms with Crippen LogP contribution in [0.5, 0.6) is 0 Å². The first-order chi connectivity index (χ1) is 18.1. The topological polar surface area (TPSA) is 111 Å². The lowest BCUT2D eigenvalue weighted by atomic mass is 10.1. The Balaban J connectivity index is 2.93. The second-order valence-corrected chi connectivity index (χ2v) is 10.2. The van der Waals surface area contributed by atoms with Gasteiger partial charge in [0, 0.05) is 6.42 Å². The normalized spacial score (nSPS) is 12.5. The fourth-order valence-electron chi connectivity index (χ4n) is 3.55. The molecule has 1 aromatic carbocycles. The minimum atomic E-state index is -1.19. The molecule has 0 aliphatic carbocycles. The van der Waals surface area contributed by atoms with Crippen LogP contribution in [0.15, 0.2) is 55.6 Å². The molecule has 0 aliphatic heterocycles. The molecule has 0 heterocycles. The van der Waals surface area contributed by atoms with Crippen molar-refractivity contribution in [3.05, 3.63) is 61.2 Å². The summed E-state index contributed by atoms with van der Waals surface area (Å²) >= 11 is 0. The maximum absolute atomic E-state index is 13.3. The number of ether oxygens (including phenoxy) is 2. The lowest BCUT2D eigenvalue weighted by Crippen LogP contribution is -2.53. The number of nitrogens with one attached hydrogen (secondary N) is 2. The van der Waals surface area contributed by atoms with Gasteiger partial charge in [0.05, 0.1) is 6.42 Å². The van der Waals surface area contributed by atoms with Gasteiger partial charge in [-0.1, -0.05) is 55.3 Å². The van der Waals surface area contributed by atoms with Crippen LogP contribution in [0.4, 0.5) is 0 Å². The van der Waals surface area contributed by atoms with Gasteiger partial charge in [0.15, 0.2) is 0 Å². The average molecular weight is 529 g/mol. The lowest BCUT2D eigenvalue weighted by Gasteiger charge is -2.26. The van der Waals surface area contributed by atoms with Gasteiger partial charge in [0.25, 0.3) is 0 Å². The molecular weight excluding hydrogens is 484 g/mol. The summed E-state index contributed by atoms with van der Waals surface area (Å²) < 4.78 is 10.8. The molecule has 0 unspecified atom stereocenters. The van der Waals surface area contributed by atoms with Crippen LogP contribution in [-0.4, -0.2) is 41.4 Å². The van der Waals surface area contributed by atoms with Gasteiger partial charge >= 0.3 is 11.9 Å². The third kappa shape index (κ3) is 15.0. The van der Waals surface area contributed by atoms with E-state index in [1.165, 1.54) is 0 Å². The zero-order valence-electron chi connectivity index (χ0n) is 23.1. The zero-order chi connectivity index (χ0) is 28.4. The van der Waals surface area contributed by atoms with Crippen LogP contribution in [0.25, 0.3) is 0 Å². The van der Waals surface area contributed by atoms with Gasteiger partial charge in [0.2, 0.25) is 11.8 Å². The van der Waals surface area contributed by atoms with Crippen molar-refractivity contribution >= 4 is 23.8 Å². The molecular formula is C30H44N2O6. The standard InChI is InChI=1S/C30H44N2O6/c1-6-8-10-11-16-19-24(29(36)38-30(3,4)5)32-28(35)25(31-26(33)20-13-9-7-2)21-27(34)37-22-23-17-14-12-15-18-23/h6-7,12,14-15,17-18,24-25H,1-2,8-11,13,16,19-22H2,3-5H3,(H,31,33)(H,32,35)/t24-,25-/m0/s1. The SMILES string of the molecule is C=CCCCCC[C@H](NC(=O)[C@H](CC(=O)OCc1ccccc1)NC(=O)CCCC=C)C(=O)OC(C)(C)C. The Labute approximate surface area is 227 Å². The number of unbranched alkanes of at least 4 members (excludes halogenated alkanes) is 4. The highest BCUT2D eigenvalue weighted by Gasteiger charge is 2.31. The molecule has 8 nitrogen and oxygen atoms in total. The second-order valence-electron chi connectivity index (χ2n) is 10.2. The van der Waals surface area contributed by atoms with Crippen molar-refractivity contribution in [2.45, 2.75) is 103 Å². The number of benzene rings is 1. The van der Waals surface area contributed by atoms with Crippen LogP contribution < -0.4 is 10.6 Å². The van der Waals surface area contributed by atoms with E-state index in [0.29, 0.717) is 25.7 Å². The first-order valence-corrected chi connectivity index (χ1v) is 13.3. The Hall–Kier alpha value is -3.42. The van der Waals surface area contributed by atoms with Gasteiger partial charge in [-0.3, -0.25) is 14.4 Å². The quantitative estimate of drug-likeness (QED) is 0.159. The summed E-state index contributed by atoms with van der Waals surface area (Å²) in [6.45, 7) is 12.7. The molecule has 1 rings (SSSR count). The molecule has 38 heavy (non-hydrogen) atoms. The predicted molar refractivity (Wildman–Crippen MR) is 148 cm³/mol. The molecule has 8 heteroatoms. The number of allylic oxidation sites excluding steroid dienone is 2. The molecule has 0 fully saturated rings. The van der Waals surface area contributed by atoms with Crippen molar-refractivity contribution in [1.29, 1.82) is 0 Å². The van der Waals surface area contributed by atoms with Crippen LogP contribution in [0.1, 0.15) is 84.1 Å². The van der Waals surface area contributed by atoms with Crippen molar-refractivity contribution in [2.24, 2.45) is 0 Å². The number of carbonyl (C=O) groups excluding carboxylic acids is 4. The largest absolute Gasteiger partial charge is 0.461 e. The summed E-state index contributed by atoms with van der Waals surface area (Å²) in [5, 5.41) is 5.34. The summed E-state index contributed by atoms with van der Waals surface area (Å²) in [4.78, 5) is 51.2. The van der Waals surface area contributed by atoms with Crippen LogP contribution >= 0.6 is 0 Å². The zero-order valence-corrected chi connectivity index (χ0v) is 23.1. The fraction of sp³-hybridized carbons (Fsp3) is 0.533. The van der Waals surface area contributed by atoms with E-state index in [4.69, 9.17) is 9.47 Å². The Morgan fingerprint density at radius 2 is 1.55 bits per heavy atom. The highest BCUT2D eigenvalue weighted by Crippen LogP contribution is 2.14. The van der Waals surface area contributed by atoms with Gasteiger partial charge in [-0.15, -0.1) is 13.2 Å². The number of hydrogen-bond acceptors (Lipinski definition) is 6. The van der Waals surface area contributed by atoms with Crippen molar-refractivity contribution in [2.75, 3.05) is 0 Å². The highest BCUT2D eigenvalue weighted by atomic mass is 16.6. The van der Waals surface area contributed by atoms with E-state index in [1.54, 1.807) is 26.8 Å². The molecule has 0 aliphatic rings. The monoisotopic (exact) mass is 528 g/mol. The third-order valence-corrected chi connectivity index (χ3v) is 5.49. The van der Waals surface area contributed by atoms with E-state index in [1.807, 2.05) is 36.4 Å². The molecule has 2 atom stereocenters. The van der Waals surface area contributed by atoms with E-state index in [0.717, 1.165) is 24.8 Å². The van der Waals surface area contributed by atoms with E-state index in [9.17, 15) is 19.2 Å². The molecule has 0 saturated carbocycles. The summed E-state index contributed by atoms with van der Waals surface area (Å²) in [7, 11) is 0. The van der Waals surface area contributed by atoms with E-state index >= 15 is 0 Å². The number of esters is 2. The molecule has 0 aromatic heterocycles. The maximum atomic E-state index is 13.3. The number of amides is 2. The number of hydrogen-bond donors (Lipinski definition) is 2. The Kier molecular flexibility index (Phi) is 15.4. The Morgan fingerprint density at radius 1 is 0.895 bits per heavy atom. The average Bonchev–Trinajstić information content (AvgIpc) is 2.86. The van der Waals surface area contributed by atoms with Crippen LogP contribution in [-0.2, 0) is 35.3 Å². The summed E-state index contributed by atoms with van der Waals surface area (Å²) in [5.41, 5.74) is 0.0693. The summed E-state index contributed by atoms with van der Waals surface area (Å²) in [5.74, 6) is -2.21. The maximum Gasteiger partial charge on any atom is 0.329 e. The molecule has 0 bridgehead atoms. The number of carbonyl (C=O) groups is 4. The van der Waals surface area contributed by atoms with Gasteiger partial charge in [-0.05, 0) is 58.4 Å². The van der Waals surface area contributed by atoms with Gasteiger partial charge in [0.1, 0.15) is 24.3 Å². The van der Waals surface area contributed by atoms with Gasteiger partial charge in [-0.25, -0.2) is 4.79 Å². The molecule has 0 spiro atoms. The van der Waals surface area contributed by atoms with E-state index in [2.05, 4.69) is 23.8 Å². The fourth-order valence-corrected chi connectivity index (χ4v) is 3.55. The first kappa shape index (κ1) is 32.6. The van der Waals surface area contributed by atoms with Gasteiger partial charge < -0.3 is 20.1 Å². The predicted octanol–water partition coefficient (Wildman–Crippen LogP) is 4.92. The lowest BCUT2D eigenvalue weighted by molar-refractivity contribution is -0.159. The second kappa shape index (κ2) is 17.9. The van der Waals surface area contributed by atoms with E-state index < -0.39 is 35.5 Å². The Bertz CT molecular complexity index is 907. The molecule has 210 valence electrons. The molecule has 2 amide bonds. The molecule has 1 aromatic rings. The smallest absolute Gasteiger partial charge is 0.329 e. The first-order valence-electron chi connectivity index (χ1n) is 13.3. The van der Waals surface area contributed by atoms with Crippen molar-refractivity contribution in [3.63, 3.8) is 0 Å². The van der Waals surface area contributed by atoms with Crippen LogP contribution in [0, 0.1) is 0 Å². The van der Waals surface area contributed by atoms with Gasteiger partial charge in [-0.2, -0.15) is 0 Å². The third-order valence-electron chi connectivity index (χ3n) is 5.49. The summed E-state index contributed by atoms with van der Waals surface area (Å²) in [6.07, 6.45) is 8.28. The van der Waals surface area contributed by atoms with Crippen LogP contribution in [0.3, 0.4) is 0 Å². The van der Waals surface area contributed by atoms with Crippen LogP contribution in [0.2, 0.25) is 0 Å². The Morgan fingerprint density at radius 3 is 2.18 bits per heavy atom.